The van der Waals surface area contributed by atoms with Gasteiger partial charge in [-0.3, -0.25) is 9.79 Å². The summed E-state index contributed by atoms with van der Waals surface area (Å²) in [6, 6.07) is 8.17. The van der Waals surface area contributed by atoms with Crippen molar-refractivity contribution < 1.29 is 4.79 Å². The first-order valence-corrected chi connectivity index (χ1v) is 16.3. The molecule has 1 aliphatic carbocycles. The predicted octanol–water partition coefficient (Wildman–Crippen LogP) is 7.01. The number of benzene rings is 1. The van der Waals surface area contributed by atoms with Crippen molar-refractivity contribution in [1.29, 1.82) is 0 Å². The molecule has 202 valence electrons. The number of nitrogen functional groups attached to an aromatic ring is 1. The summed E-state index contributed by atoms with van der Waals surface area (Å²) >= 11 is 13.8. The summed E-state index contributed by atoms with van der Waals surface area (Å²) in [6.45, 7) is 8.76. The van der Waals surface area contributed by atoms with Crippen molar-refractivity contribution in [2.24, 2.45) is 10.4 Å². The molecule has 1 saturated heterocycles. The molecule has 2 aliphatic rings. The molecule has 0 saturated carbocycles. The highest BCUT2D eigenvalue weighted by atomic mass is 35.5. The summed E-state index contributed by atoms with van der Waals surface area (Å²) in [6.07, 6.45) is 6.86. The van der Waals surface area contributed by atoms with Crippen LogP contribution in [0.15, 0.2) is 62.3 Å². The third kappa shape index (κ3) is 8.13. The van der Waals surface area contributed by atoms with Gasteiger partial charge in [-0.25, -0.2) is 4.98 Å². The number of amides is 1. The van der Waals surface area contributed by atoms with Crippen LogP contribution in [0.5, 0.6) is 0 Å². The molecule has 0 bridgehead atoms. The van der Waals surface area contributed by atoms with Gasteiger partial charge in [-0.05, 0) is 26.0 Å². The number of likely N-dealkylation sites (tertiary alicyclic amines) is 1. The SMILES string of the molecule is C=N/C(=C\SSCC(=O)NC1CCN(CC2(C)C=C(Cl)C(Cl)=CC2)CC1)c1ccc(-c2csc(N)n2)cc1. The monoisotopic (exact) mass is 607 g/mol. The predicted molar refractivity (Wildman–Crippen MR) is 168 cm³/mol. The van der Waals surface area contributed by atoms with Crippen molar-refractivity contribution in [2.75, 3.05) is 31.1 Å². The number of nitrogens with two attached hydrogens (primary N) is 1. The summed E-state index contributed by atoms with van der Waals surface area (Å²) in [7, 11) is 2.98. The van der Waals surface area contributed by atoms with E-state index in [-0.39, 0.29) is 17.4 Å². The second kappa shape index (κ2) is 13.5. The van der Waals surface area contributed by atoms with E-state index in [1.807, 2.05) is 41.1 Å². The third-order valence-corrected chi connectivity index (χ3v) is 9.90. The van der Waals surface area contributed by atoms with Gasteiger partial charge in [0.15, 0.2) is 5.13 Å². The van der Waals surface area contributed by atoms with Gasteiger partial charge in [0.1, 0.15) is 0 Å². The Labute approximate surface area is 246 Å². The van der Waals surface area contributed by atoms with Gasteiger partial charge >= 0.3 is 0 Å². The molecule has 1 unspecified atom stereocenters. The average Bonchev–Trinajstić information content (AvgIpc) is 3.34. The van der Waals surface area contributed by atoms with Crippen molar-refractivity contribution in [3.05, 3.63) is 62.8 Å². The molecule has 1 atom stereocenters. The number of hydrogen-bond acceptors (Lipinski definition) is 8. The lowest BCUT2D eigenvalue weighted by Gasteiger charge is -2.38. The van der Waals surface area contributed by atoms with Crippen LogP contribution in [-0.2, 0) is 4.79 Å². The van der Waals surface area contributed by atoms with E-state index in [1.165, 1.54) is 32.9 Å². The van der Waals surface area contributed by atoms with E-state index in [1.54, 1.807) is 0 Å². The zero-order valence-electron chi connectivity index (χ0n) is 21.2. The van der Waals surface area contributed by atoms with Crippen LogP contribution in [0.25, 0.3) is 17.0 Å². The van der Waals surface area contributed by atoms with E-state index in [2.05, 4.69) is 39.9 Å². The highest BCUT2D eigenvalue weighted by molar-refractivity contribution is 8.78. The Kier molecular flexibility index (Phi) is 10.4. The van der Waals surface area contributed by atoms with Crippen LogP contribution in [0.3, 0.4) is 0 Å². The number of anilines is 1. The molecule has 1 aromatic heterocycles. The molecule has 4 rings (SSSR count). The van der Waals surface area contributed by atoms with Crippen LogP contribution in [0.2, 0.25) is 0 Å². The molecule has 11 heteroatoms. The lowest BCUT2D eigenvalue weighted by atomic mass is 9.82. The van der Waals surface area contributed by atoms with E-state index in [9.17, 15) is 4.79 Å². The van der Waals surface area contributed by atoms with Gasteiger partial charge in [0, 0.05) is 53.0 Å². The first-order valence-electron chi connectivity index (χ1n) is 12.3. The molecule has 1 amide bonds. The zero-order chi connectivity index (χ0) is 27.1. The molecule has 1 fully saturated rings. The molecule has 0 spiro atoms. The second-order valence-electron chi connectivity index (χ2n) is 9.69. The van der Waals surface area contributed by atoms with Gasteiger partial charge in [0.05, 0.1) is 27.2 Å². The minimum absolute atomic E-state index is 0.0100. The van der Waals surface area contributed by atoms with E-state index >= 15 is 0 Å². The lowest BCUT2D eigenvalue weighted by molar-refractivity contribution is -0.119. The summed E-state index contributed by atoms with van der Waals surface area (Å²) in [5.41, 5.74) is 9.31. The van der Waals surface area contributed by atoms with Crippen LogP contribution in [-0.4, -0.2) is 53.9 Å². The lowest BCUT2D eigenvalue weighted by Crippen LogP contribution is -2.47. The van der Waals surface area contributed by atoms with Crippen molar-refractivity contribution in [3.8, 4) is 11.3 Å². The van der Waals surface area contributed by atoms with Crippen molar-refractivity contribution in [3.63, 3.8) is 0 Å². The van der Waals surface area contributed by atoms with Crippen LogP contribution < -0.4 is 11.1 Å². The fourth-order valence-corrected chi connectivity index (χ4v) is 7.25. The van der Waals surface area contributed by atoms with Crippen LogP contribution >= 0.6 is 56.1 Å². The van der Waals surface area contributed by atoms with Crippen LogP contribution in [0.1, 0.15) is 31.7 Å². The van der Waals surface area contributed by atoms with E-state index < -0.39 is 0 Å². The minimum atomic E-state index is -0.0100. The van der Waals surface area contributed by atoms with Crippen molar-refractivity contribution >= 4 is 79.6 Å². The van der Waals surface area contributed by atoms with Gasteiger partial charge in [0.25, 0.3) is 0 Å². The number of aliphatic imine (C=N–C) groups is 1. The Hall–Kier alpha value is -1.75. The highest BCUT2D eigenvalue weighted by Crippen LogP contribution is 2.37. The Bertz CT molecular complexity index is 1240. The first kappa shape index (κ1) is 29.2. The molecule has 3 N–H and O–H groups in total. The molecular weight excluding hydrogens is 577 g/mol. The fraction of sp³-hybridized carbons (Fsp3) is 0.370. The van der Waals surface area contributed by atoms with Crippen molar-refractivity contribution in [2.45, 2.75) is 32.2 Å². The number of aromatic nitrogens is 1. The second-order valence-corrected chi connectivity index (χ2v) is 13.6. The molecule has 1 aliphatic heterocycles. The van der Waals surface area contributed by atoms with Gasteiger partial charge in [0.2, 0.25) is 5.91 Å². The maximum Gasteiger partial charge on any atom is 0.231 e. The van der Waals surface area contributed by atoms with E-state index in [0.717, 1.165) is 61.4 Å². The topological polar surface area (TPSA) is 83.6 Å². The van der Waals surface area contributed by atoms with Crippen LogP contribution in [0, 0.1) is 5.41 Å². The highest BCUT2D eigenvalue weighted by Gasteiger charge is 2.30. The summed E-state index contributed by atoms with van der Waals surface area (Å²) in [5.74, 6) is 0.438. The normalized spacial score (nSPS) is 21.1. The quantitative estimate of drug-likeness (QED) is 0.172. The maximum absolute atomic E-state index is 12.5. The number of halogens is 2. The molecule has 0 radical (unpaired) electrons. The van der Waals surface area contributed by atoms with Gasteiger partial charge in [-0.15, -0.1) is 11.3 Å². The zero-order valence-corrected chi connectivity index (χ0v) is 25.1. The largest absolute Gasteiger partial charge is 0.375 e. The molecular formula is C27H31Cl2N5OS3. The number of piperidine rings is 1. The Morgan fingerprint density at radius 2 is 2.05 bits per heavy atom. The number of thiazole rings is 1. The number of hydrogen-bond donors (Lipinski definition) is 2. The van der Waals surface area contributed by atoms with Crippen molar-refractivity contribution in [1.82, 2.24) is 15.2 Å². The summed E-state index contributed by atoms with van der Waals surface area (Å²) in [4.78, 5) is 23.4. The summed E-state index contributed by atoms with van der Waals surface area (Å²) in [5, 5.41) is 8.89. The molecule has 38 heavy (non-hydrogen) atoms. The number of carbonyl (C=O) groups is 1. The third-order valence-electron chi connectivity index (χ3n) is 6.57. The molecule has 6 nitrogen and oxygen atoms in total. The Morgan fingerprint density at radius 3 is 2.68 bits per heavy atom. The number of nitrogens with one attached hydrogen (secondary N) is 1. The van der Waals surface area contributed by atoms with E-state index in [0.29, 0.717) is 20.9 Å². The van der Waals surface area contributed by atoms with E-state index in [4.69, 9.17) is 28.9 Å². The number of rotatable bonds is 10. The molecule has 2 aromatic rings. The number of allylic oxidation sites excluding steroid dienone is 3. The van der Waals surface area contributed by atoms with Crippen LogP contribution in [0.4, 0.5) is 5.13 Å². The summed E-state index contributed by atoms with van der Waals surface area (Å²) < 4.78 is 0. The average molecular weight is 609 g/mol. The Balaban J connectivity index is 1.17. The van der Waals surface area contributed by atoms with Gasteiger partial charge in [-0.2, -0.15) is 0 Å². The Morgan fingerprint density at radius 1 is 1.32 bits per heavy atom. The maximum atomic E-state index is 12.5. The minimum Gasteiger partial charge on any atom is -0.375 e. The smallest absolute Gasteiger partial charge is 0.231 e. The fourth-order valence-electron chi connectivity index (χ4n) is 4.58. The number of carbonyl (C=O) groups excluding carboxylic acids is 1. The first-order chi connectivity index (χ1) is 18.2. The standard InChI is InChI=1S/C27H31Cl2N5OS3/c1-27(10-7-21(28)22(29)13-27)17-34-11-8-20(9-12-34)32-25(35)16-38-37-15-23(31-2)18-3-5-19(6-4-18)24-14-36-26(30)33-24/h3-7,13-15,20H,2,8-12,16-17H2,1H3,(H2,30,33)(H,32,35)/b23-15-. The molecule has 2 heterocycles. The molecule has 1 aromatic carbocycles. The number of nitrogens with zero attached hydrogens (tertiary/aromatic N) is 3. The van der Waals surface area contributed by atoms with Gasteiger partial charge in [-0.1, -0.05) is 88.1 Å². The van der Waals surface area contributed by atoms with Gasteiger partial charge < -0.3 is 16.0 Å².